The van der Waals surface area contributed by atoms with E-state index in [4.69, 9.17) is 4.42 Å². The van der Waals surface area contributed by atoms with Crippen LogP contribution in [0.1, 0.15) is 36.3 Å². The minimum Gasteiger partial charge on any atom is -0.451 e. The number of nitrogens with one attached hydrogen (secondary N) is 2. The number of rotatable bonds is 4. The van der Waals surface area contributed by atoms with Gasteiger partial charge in [-0.25, -0.2) is 4.98 Å². The zero-order valence-corrected chi connectivity index (χ0v) is 14.1. The highest BCUT2D eigenvalue weighted by molar-refractivity contribution is 5.96. The van der Waals surface area contributed by atoms with Gasteiger partial charge in [-0.2, -0.15) is 0 Å². The Morgan fingerprint density at radius 2 is 1.88 bits per heavy atom. The molecule has 2 N–H and O–H groups in total. The molecule has 2 heterocycles. The number of aromatic nitrogens is 2. The molecular formula is C20H19N3O2. The number of carbonyl (C=O) groups is 1. The van der Waals surface area contributed by atoms with E-state index < -0.39 is 0 Å². The Kier molecular flexibility index (Phi) is 3.76. The lowest BCUT2D eigenvalue weighted by molar-refractivity contribution is 0.0897. The molecule has 0 saturated heterocycles. The predicted molar refractivity (Wildman–Crippen MR) is 97.4 cm³/mol. The van der Waals surface area contributed by atoms with Crippen LogP contribution in [0.15, 0.2) is 59.0 Å². The Hall–Kier alpha value is -3.08. The molecule has 0 saturated carbocycles. The number of hydrogen-bond acceptors (Lipinski definition) is 3. The molecule has 0 aliphatic heterocycles. The number of aromatic amines is 1. The number of hydrogen-bond donors (Lipinski definition) is 2. The summed E-state index contributed by atoms with van der Waals surface area (Å²) in [5.41, 5.74) is 2.56. The lowest BCUT2D eigenvalue weighted by Crippen LogP contribution is -2.32. The fourth-order valence-corrected chi connectivity index (χ4v) is 2.98. The van der Waals surface area contributed by atoms with E-state index in [0.29, 0.717) is 11.3 Å². The Labute approximate surface area is 145 Å². The van der Waals surface area contributed by atoms with Crippen LogP contribution in [0.3, 0.4) is 0 Å². The summed E-state index contributed by atoms with van der Waals surface area (Å²) in [7, 11) is 0. The van der Waals surface area contributed by atoms with Crippen LogP contribution in [0.2, 0.25) is 0 Å². The van der Waals surface area contributed by atoms with E-state index in [-0.39, 0.29) is 17.9 Å². The molecule has 0 aliphatic carbocycles. The first-order chi connectivity index (χ1) is 12.1. The second-order valence-electron chi connectivity index (χ2n) is 6.48. The molecule has 0 spiro atoms. The molecule has 4 aromatic rings. The monoisotopic (exact) mass is 333 g/mol. The summed E-state index contributed by atoms with van der Waals surface area (Å²) in [5.74, 6) is 0.993. The zero-order chi connectivity index (χ0) is 17.4. The van der Waals surface area contributed by atoms with Crippen molar-refractivity contribution in [2.45, 2.75) is 19.9 Å². The van der Waals surface area contributed by atoms with E-state index in [1.807, 2.05) is 48.5 Å². The third kappa shape index (κ3) is 2.89. The number of H-pyrrole nitrogens is 1. The van der Waals surface area contributed by atoms with Crippen LogP contribution in [0.4, 0.5) is 0 Å². The van der Waals surface area contributed by atoms with Crippen molar-refractivity contribution in [1.82, 2.24) is 15.3 Å². The molecule has 2 aromatic carbocycles. The molecule has 25 heavy (non-hydrogen) atoms. The molecule has 2 aromatic heterocycles. The van der Waals surface area contributed by atoms with Gasteiger partial charge in [-0.15, -0.1) is 0 Å². The van der Waals surface area contributed by atoms with Crippen molar-refractivity contribution >= 4 is 27.9 Å². The molecule has 1 amide bonds. The normalized spacial score (nSPS) is 12.8. The maximum absolute atomic E-state index is 12.7. The number of imidazole rings is 1. The second-order valence-corrected chi connectivity index (χ2v) is 6.48. The SMILES string of the molecule is CC(C)C(NC(=O)c1cc2ccccc2o1)c1nc2ccccc2[nH]1. The summed E-state index contributed by atoms with van der Waals surface area (Å²) < 4.78 is 5.66. The van der Waals surface area contributed by atoms with Crippen molar-refractivity contribution in [2.75, 3.05) is 0 Å². The van der Waals surface area contributed by atoms with Crippen molar-refractivity contribution in [3.63, 3.8) is 0 Å². The van der Waals surface area contributed by atoms with Gasteiger partial charge < -0.3 is 14.7 Å². The third-order valence-electron chi connectivity index (χ3n) is 4.30. The number of carbonyl (C=O) groups excluding carboxylic acids is 1. The van der Waals surface area contributed by atoms with E-state index in [1.165, 1.54) is 0 Å². The minimum atomic E-state index is -0.240. The van der Waals surface area contributed by atoms with Crippen LogP contribution in [0.25, 0.3) is 22.0 Å². The van der Waals surface area contributed by atoms with Gasteiger partial charge in [0.05, 0.1) is 17.1 Å². The second kappa shape index (κ2) is 6.09. The highest BCUT2D eigenvalue weighted by Gasteiger charge is 2.24. The molecule has 126 valence electrons. The number of para-hydroxylation sites is 3. The summed E-state index contributed by atoms with van der Waals surface area (Å²) in [5, 5.41) is 3.96. The highest BCUT2D eigenvalue weighted by atomic mass is 16.3. The standard InChI is InChI=1S/C20H19N3O2/c1-12(2)18(19-21-14-8-4-5-9-15(14)22-19)23-20(24)17-11-13-7-3-6-10-16(13)25-17/h3-12,18H,1-2H3,(H,21,22)(H,23,24). The molecular weight excluding hydrogens is 314 g/mol. The average Bonchev–Trinajstić information content (AvgIpc) is 3.22. The van der Waals surface area contributed by atoms with Gasteiger partial charge in [-0.1, -0.05) is 44.2 Å². The fraction of sp³-hybridized carbons (Fsp3) is 0.200. The van der Waals surface area contributed by atoms with Crippen LogP contribution in [0.5, 0.6) is 0 Å². The first-order valence-corrected chi connectivity index (χ1v) is 8.36. The zero-order valence-electron chi connectivity index (χ0n) is 14.1. The molecule has 0 radical (unpaired) electrons. The van der Waals surface area contributed by atoms with Gasteiger partial charge in [0.1, 0.15) is 11.4 Å². The molecule has 0 bridgehead atoms. The highest BCUT2D eigenvalue weighted by Crippen LogP contribution is 2.24. The van der Waals surface area contributed by atoms with Gasteiger partial charge in [0.15, 0.2) is 5.76 Å². The number of amides is 1. The summed E-state index contributed by atoms with van der Waals surface area (Å²) in [6.45, 7) is 4.10. The number of nitrogens with zero attached hydrogens (tertiary/aromatic N) is 1. The van der Waals surface area contributed by atoms with Gasteiger partial charge >= 0.3 is 0 Å². The summed E-state index contributed by atoms with van der Waals surface area (Å²) in [4.78, 5) is 20.6. The fourth-order valence-electron chi connectivity index (χ4n) is 2.98. The van der Waals surface area contributed by atoms with Crippen molar-refractivity contribution in [3.8, 4) is 0 Å². The molecule has 4 rings (SSSR count). The Morgan fingerprint density at radius 3 is 2.64 bits per heavy atom. The lowest BCUT2D eigenvalue weighted by Gasteiger charge is -2.19. The quantitative estimate of drug-likeness (QED) is 0.580. The van der Waals surface area contributed by atoms with Crippen LogP contribution >= 0.6 is 0 Å². The maximum Gasteiger partial charge on any atom is 0.287 e. The van der Waals surface area contributed by atoms with Gasteiger partial charge in [-0.3, -0.25) is 4.79 Å². The van der Waals surface area contributed by atoms with E-state index in [0.717, 1.165) is 22.2 Å². The first-order valence-electron chi connectivity index (χ1n) is 8.36. The minimum absolute atomic E-state index is 0.175. The van der Waals surface area contributed by atoms with Crippen molar-refractivity contribution in [3.05, 3.63) is 66.2 Å². The molecule has 5 nitrogen and oxygen atoms in total. The van der Waals surface area contributed by atoms with Crippen molar-refractivity contribution in [1.29, 1.82) is 0 Å². The van der Waals surface area contributed by atoms with E-state index in [1.54, 1.807) is 6.07 Å². The van der Waals surface area contributed by atoms with Crippen molar-refractivity contribution < 1.29 is 9.21 Å². The topological polar surface area (TPSA) is 70.9 Å². The van der Waals surface area contributed by atoms with Crippen LogP contribution in [-0.4, -0.2) is 15.9 Å². The Bertz CT molecular complexity index is 979. The van der Waals surface area contributed by atoms with Gasteiger partial charge in [0, 0.05) is 5.39 Å². The van der Waals surface area contributed by atoms with Gasteiger partial charge in [0.2, 0.25) is 0 Å². The molecule has 5 heteroatoms. The van der Waals surface area contributed by atoms with Crippen molar-refractivity contribution in [2.24, 2.45) is 5.92 Å². The van der Waals surface area contributed by atoms with Crippen LogP contribution < -0.4 is 5.32 Å². The summed E-state index contributed by atoms with van der Waals surface area (Å²) in [6, 6.07) is 17.0. The summed E-state index contributed by atoms with van der Waals surface area (Å²) >= 11 is 0. The van der Waals surface area contributed by atoms with E-state index in [9.17, 15) is 4.79 Å². The Morgan fingerprint density at radius 1 is 1.12 bits per heavy atom. The van der Waals surface area contributed by atoms with E-state index in [2.05, 4.69) is 29.1 Å². The number of fused-ring (bicyclic) bond motifs is 2. The lowest BCUT2D eigenvalue weighted by atomic mass is 10.0. The largest absolute Gasteiger partial charge is 0.451 e. The average molecular weight is 333 g/mol. The van der Waals surface area contributed by atoms with Gasteiger partial charge in [-0.05, 0) is 30.2 Å². The molecule has 0 aliphatic rings. The Balaban J connectivity index is 1.63. The third-order valence-corrected chi connectivity index (χ3v) is 4.30. The summed E-state index contributed by atoms with van der Waals surface area (Å²) in [6.07, 6.45) is 0. The first kappa shape index (κ1) is 15.4. The van der Waals surface area contributed by atoms with Gasteiger partial charge in [0.25, 0.3) is 5.91 Å². The molecule has 0 fully saturated rings. The molecule has 1 unspecified atom stereocenters. The number of furan rings is 1. The maximum atomic E-state index is 12.7. The number of benzene rings is 2. The molecule has 1 atom stereocenters. The van der Waals surface area contributed by atoms with Crippen LogP contribution in [0, 0.1) is 5.92 Å². The van der Waals surface area contributed by atoms with Crippen LogP contribution in [-0.2, 0) is 0 Å². The predicted octanol–water partition coefficient (Wildman–Crippen LogP) is 4.44. The smallest absolute Gasteiger partial charge is 0.287 e. The van der Waals surface area contributed by atoms with E-state index >= 15 is 0 Å².